The Morgan fingerprint density at radius 2 is 2.12 bits per heavy atom. The molecule has 4 atom stereocenters. The molecule has 0 radical (unpaired) electrons. The Kier molecular flexibility index (Phi) is 7.50. The van der Waals surface area contributed by atoms with Gasteiger partial charge in [0.25, 0.3) is 11.2 Å². The number of aromatic nitrogens is 2. The van der Waals surface area contributed by atoms with Gasteiger partial charge in [-0.25, -0.2) is 4.79 Å². The molecule has 0 unspecified atom stereocenters. The van der Waals surface area contributed by atoms with E-state index in [0.717, 1.165) is 10.6 Å². The second kappa shape index (κ2) is 9.79. The van der Waals surface area contributed by atoms with Crippen LogP contribution in [0, 0.1) is 19.6 Å². The van der Waals surface area contributed by atoms with Gasteiger partial charge in [-0.15, -0.1) is 0 Å². The molecular weight excluding hydrogens is 537 g/mol. The Labute approximate surface area is 196 Å². The third-order valence-electron chi connectivity index (χ3n) is 5.36. The lowest BCUT2D eigenvalue weighted by Crippen LogP contribution is -2.47. The van der Waals surface area contributed by atoms with Crippen LogP contribution in [0.5, 0.6) is 0 Å². The SMILES string of the molecule is CC(C)[C@@H](OC[C@]1(n2ccc(=O)[nH]c2=O)C[C@H](O)[C@@H](CO)O1)c1ccc(I)cc1[N+](=O)[O-]. The number of nitro groups is 1. The molecule has 0 bridgehead atoms. The van der Waals surface area contributed by atoms with Crippen LogP contribution in [0.25, 0.3) is 0 Å². The molecule has 11 nitrogen and oxygen atoms in total. The molecule has 0 amide bonds. The monoisotopic (exact) mass is 561 g/mol. The largest absolute Gasteiger partial charge is 0.394 e. The Morgan fingerprint density at radius 3 is 2.69 bits per heavy atom. The summed E-state index contributed by atoms with van der Waals surface area (Å²) in [5, 5.41) is 31.5. The highest BCUT2D eigenvalue weighted by Gasteiger charge is 2.49. The fourth-order valence-corrected chi connectivity index (χ4v) is 4.33. The molecule has 2 heterocycles. The van der Waals surface area contributed by atoms with Crippen molar-refractivity contribution >= 4 is 28.3 Å². The van der Waals surface area contributed by atoms with Gasteiger partial charge in [-0.3, -0.25) is 24.5 Å². The maximum Gasteiger partial charge on any atom is 0.330 e. The van der Waals surface area contributed by atoms with E-state index in [2.05, 4.69) is 4.98 Å². The lowest BCUT2D eigenvalue weighted by molar-refractivity contribution is -0.386. The highest BCUT2D eigenvalue weighted by molar-refractivity contribution is 14.1. The van der Waals surface area contributed by atoms with E-state index in [0.29, 0.717) is 9.13 Å². The molecule has 0 spiro atoms. The zero-order chi connectivity index (χ0) is 23.6. The molecule has 32 heavy (non-hydrogen) atoms. The quantitative estimate of drug-likeness (QED) is 0.247. The van der Waals surface area contributed by atoms with Crippen molar-refractivity contribution in [1.29, 1.82) is 0 Å². The zero-order valence-corrected chi connectivity index (χ0v) is 19.6. The predicted molar refractivity (Wildman–Crippen MR) is 121 cm³/mol. The van der Waals surface area contributed by atoms with E-state index >= 15 is 0 Å². The Bertz CT molecular complexity index is 1100. The van der Waals surface area contributed by atoms with E-state index < -0.39 is 46.8 Å². The van der Waals surface area contributed by atoms with E-state index in [4.69, 9.17) is 9.47 Å². The van der Waals surface area contributed by atoms with E-state index in [9.17, 15) is 29.9 Å². The molecule has 174 valence electrons. The molecule has 1 aromatic carbocycles. The standard InChI is InChI=1S/C20H24IN3O8/c1-11(2)18(13-4-3-12(21)7-14(13)24(29)30)31-10-20(8-15(26)16(9-25)32-20)23-6-5-17(27)22-19(23)28/h3-7,11,15-16,18,25-26H,8-10H2,1-2H3,(H,22,27,28)/t15-,16+,18+,20-/m0/s1. The summed E-state index contributed by atoms with van der Waals surface area (Å²) >= 11 is 1.99. The number of nitro benzene ring substituents is 1. The second-order valence-electron chi connectivity index (χ2n) is 7.97. The van der Waals surface area contributed by atoms with Gasteiger partial charge in [0.05, 0.1) is 35.9 Å². The number of halogens is 1. The summed E-state index contributed by atoms with van der Waals surface area (Å²) in [5.41, 5.74) is -2.63. The van der Waals surface area contributed by atoms with Crippen molar-refractivity contribution < 1.29 is 24.6 Å². The van der Waals surface area contributed by atoms with E-state index in [1.54, 1.807) is 12.1 Å². The smallest absolute Gasteiger partial charge is 0.330 e. The molecule has 1 aliphatic heterocycles. The lowest BCUT2D eigenvalue weighted by Gasteiger charge is -2.33. The number of nitrogens with zero attached hydrogens (tertiary/aromatic N) is 2. The number of hydrogen-bond acceptors (Lipinski definition) is 8. The van der Waals surface area contributed by atoms with Crippen LogP contribution in [0.2, 0.25) is 0 Å². The molecule has 1 aromatic heterocycles. The van der Waals surface area contributed by atoms with Gasteiger partial charge in [0.1, 0.15) is 6.10 Å². The molecule has 1 fully saturated rings. The average molecular weight is 561 g/mol. The Balaban J connectivity index is 2.01. The van der Waals surface area contributed by atoms with Gasteiger partial charge in [-0.05, 0) is 40.6 Å². The molecule has 1 aliphatic rings. The summed E-state index contributed by atoms with van der Waals surface area (Å²) in [4.78, 5) is 37.3. The number of aromatic amines is 1. The topological polar surface area (TPSA) is 157 Å². The molecular formula is C20H24IN3O8. The molecule has 0 aliphatic carbocycles. The number of nitrogens with one attached hydrogen (secondary N) is 1. The van der Waals surface area contributed by atoms with Gasteiger partial charge in [0, 0.05) is 28.3 Å². The number of ether oxygens (including phenoxy) is 2. The highest BCUT2D eigenvalue weighted by Crippen LogP contribution is 2.39. The molecule has 1 saturated heterocycles. The van der Waals surface area contributed by atoms with Crippen molar-refractivity contribution in [3.05, 3.63) is 70.5 Å². The Hall–Kier alpha value is -2.13. The van der Waals surface area contributed by atoms with Gasteiger partial charge < -0.3 is 19.7 Å². The van der Waals surface area contributed by atoms with Crippen LogP contribution >= 0.6 is 22.6 Å². The second-order valence-corrected chi connectivity index (χ2v) is 9.22. The average Bonchev–Trinajstić information content (AvgIpc) is 3.05. The van der Waals surface area contributed by atoms with Crippen LogP contribution in [0.4, 0.5) is 5.69 Å². The maximum absolute atomic E-state index is 12.5. The van der Waals surface area contributed by atoms with Crippen LogP contribution in [-0.4, -0.2) is 50.1 Å². The molecule has 12 heteroatoms. The summed E-state index contributed by atoms with van der Waals surface area (Å²) < 4.78 is 13.8. The normalized spacial score (nSPS) is 24.1. The summed E-state index contributed by atoms with van der Waals surface area (Å²) in [6.07, 6.45) is -1.65. The summed E-state index contributed by atoms with van der Waals surface area (Å²) in [6.45, 7) is 2.92. The van der Waals surface area contributed by atoms with Crippen molar-refractivity contribution in [2.75, 3.05) is 13.2 Å². The minimum atomic E-state index is -1.53. The first-order valence-electron chi connectivity index (χ1n) is 9.92. The van der Waals surface area contributed by atoms with Crippen LogP contribution in [-0.2, 0) is 15.2 Å². The summed E-state index contributed by atoms with van der Waals surface area (Å²) in [7, 11) is 0. The highest BCUT2D eigenvalue weighted by atomic mass is 127. The number of rotatable bonds is 8. The van der Waals surface area contributed by atoms with E-state index in [1.165, 1.54) is 12.3 Å². The van der Waals surface area contributed by atoms with E-state index in [-0.39, 0.29) is 24.6 Å². The fraction of sp³-hybridized carbons (Fsp3) is 0.500. The van der Waals surface area contributed by atoms with Gasteiger partial charge in [-0.2, -0.15) is 0 Å². The summed E-state index contributed by atoms with van der Waals surface area (Å²) in [5.74, 6) is -0.182. The molecule has 3 N–H and O–H groups in total. The van der Waals surface area contributed by atoms with Crippen molar-refractivity contribution in [1.82, 2.24) is 9.55 Å². The van der Waals surface area contributed by atoms with Crippen LogP contribution in [0.1, 0.15) is 31.9 Å². The minimum Gasteiger partial charge on any atom is -0.394 e. The van der Waals surface area contributed by atoms with Gasteiger partial charge in [0.2, 0.25) is 0 Å². The summed E-state index contributed by atoms with van der Waals surface area (Å²) in [6, 6.07) is 5.95. The number of aliphatic hydroxyl groups is 2. The first-order chi connectivity index (χ1) is 15.1. The minimum absolute atomic E-state index is 0.0912. The van der Waals surface area contributed by atoms with Gasteiger partial charge in [0.15, 0.2) is 5.72 Å². The van der Waals surface area contributed by atoms with E-state index in [1.807, 2.05) is 36.4 Å². The molecule has 0 saturated carbocycles. The fourth-order valence-electron chi connectivity index (χ4n) is 3.86. The predicted octanol–water partition coefficient (Wildman–Crippen LogP) is 1.26. The van der Waals surface area contributed by atoms with Crippen molar-refractivity contribution in [2.45, 2.75) is 44.3 Å². The third-order valence-corrected chi connectivity index (χ3v) is 6.03. The van der Waals surface area contributed by atoms with Crippen molar-refractivity contribution in [3.8, 4) is 0 Å². The lowest BCUT2D eigenvalue weighted by atomic mass is 9.97. The zero-order valence-electron chi connectivity index (χ0n) is 17.4. The number of benzene rings is 1. The number of H-pyrrole nitrogens is 1. The van der Waals surface area contributed by atoms with Crippen LogP contribution < -0.4 is 11.2 Å². The van der Waals surface area contributed by atoms with Gasteiger partial charge in [-0.1, -0.05) is 13.8 Å². The van der Waals surface area contributed by atoms with Crippen molar-refractivity contribution in [3.63, 3.8) is 0 Å². The number of aliphatic hydroxyl groups excluding tert-OH is 2. The molecule has 2 aromatic rings. The maximum atomic E-state index is 12.5. The third kappa shape index (κ3) is 4.93. The van der Waals surface area contributed by atoms with Gasteiger partial charge >= 0.3 is 5.69 Å². The van der Waals surface area contributed by atoms with Crippen LogP contribution in [0.3, 0.4) is 0 Å². The van der Waals surface area contributed by atoms with Crippen molar-refractivity contribution in [2.24, 2.45) is 5.92 Å². The first kappa shape index (κ1) is 24.5. The van der Waals surface area contributed by atoms with Crippen LogP contribution in [0.15, 0.2) is 40.1 Å². The first-order valence-corrected chi connectivity index (χ1v) is 11.0. The number of hydrogen-bond donors (Lipinski definition) is 3. The Morgan fingerprint density at radius 1 is 1.41 bits per heavy atom. The molecule has 3 rings (SSSR count).